The van der Waals surface area contributed by atoms with Crippen LogP contribution in [-0.2, 0) is 9.84 Å². The predicted octanol–water partition coefficient (Wildman–Crippen LogP) is 3.50. The minimum absolute atomic E-state index is 0.174. The van der Waals surface area contributed by atoms with Crippen molar-refractivity contribution in [2.45, 2.75) is 4.90 Å². The Bertz CT molecular complexity index is 989. The van der Waals surface area contributed by atoms with E-state index in [2.05, 4.69) is 5.32 Å². The van der Waals surface area contributed by atoms with Gasteiger partial charge >= 0.3 is 0 Å². The van der Waals surface area contributed by atoms with E-state index in [0.717, 1.165) is 17.0 Å². The number of sulfone groups is 1. The van der Waals surface area contributed by atoms with Crippen molar-refractivity contribution in [3.8, 4) is 0 Å². The molecule has 4 nitrogen and oxygen atoms in total. The zero-order valence-electron chi connectivity index (χ0n) is 12.5. The monoisotopic (exact) mass is 325 g/mol. The third-order valence-electron chi connectivity index (χ3n) is 3.55. The van der Waals surface area contributed by atoms with E-state index < -0.39 is 9.84 Å². The SMILES string of the molecule is CS(=O)(=O)c1cccc(NC(=O)c2cccc3ccccc23)c1. The summed E-state index contributed by atoms with van der Waals surface area (Å²) in [4.78, 5) is 12.7. The fourth-order valence-electron chi connectivity index (χ4n) is 2.43. The Labute approximate surface area is 134 Å². The van der Waals surface area contributed by atoms with E-state index in [-0.39, 0.29) is 10.8 Å². The molecule has 0 atom stereocenters. The molecule has 0 bridgehead atoms. The number of nitrogens with one attached hydrogen (secondary N) is 1. The summed E-state index contributed by atoms with van der Waals surface area (Å²) in [6.45, 7) is 0. The highest BCUT2D eigenvalue weighted by Crippen LogP contribution is 2.21. The van der Waals surface area contributed by atoms with E-state index in [4.69, 9.17) is 0 Å². The highest BCUT2D eigenvalue weighted by Gasteiger charge is 2.12. The zero-order chi connectivity index (χ0) is 16.4. The average Bonchev–Trinajstić information content (AvgIpc) is 2.53. The van der Waals surface area contributed by atoms with E-state index in [1.807, 2.05) is 36.4 Å². The topological polar surface area (TPSA) is 63.2 Å². The highest BCUT2D eigenvalue weighted by molar-refractivity contribution is 7.90. The quantitative estimate of drug-likeness (QED) is 0.801. The zero-order valence-corrected chi connectivity index (χ0v) is 13.3. The molecule has 5 heteroatoms. The lowest BCUT2D eigenvalue weighted by atomic mass is 10.0. The number of carbonyl (C=O) groups is 1. The molecule has 3 aromatic rings. The van der Waals surface area contributed by atoms with Crippen molar-refractivity contribution < 1.29 is 13.2 Å². The molecule has 0 aliphatic carbocycles. The molecule has 1 N–H and O–H groups in total. The Hall–Kier alpha value is -2.66. The van der Waals surface area contributed by atoms with Crippen LogP contribution >= 0.6 is 0 Å². The van der Waals surface area contributed by atoms with Crippen molar-refractivity contribution in [2.75, 3.05) is 11.6 Å². The lowest BCUT2D eigenvalue weighted by Gasteiger charge is -2.09. The van der Waals surface area contributed by atoms with Crippen LogP contribution in [0.15, 0.2) is 71.6 Å². The van der Waals surface area contributed by atoms with E-state index in [1.54, 1.807) is 18.2 Å². The molecule has 0 spiro atoms. The van der Waals surface area contributed by atoms with Crippen molar-refractivity contribution in [3.05, 3.63) is 72.3 Å². The van der Waals surface area contributed by atoms with Crippen LogP contribution in [0.5, 0.6) is 0 Å². The molecule has 0 saturated carbocycles. The summed E-state index contributed by atoms with van der Waals surface area (Å²) in [5, 5.41) is 4.59. The summed E-state index contributed by atoms with van der Waals surface area (Å²) in [6.07, 6.45) is 1.14. The van der Waals surface area contributed by atoms with Crippen molar-refractivity contribution in [3.63, 3.8) is 0 Å². The largest absolute Gasteiger partial charge is 0.322 e. The first-order valence-electron chi connectivity index (χ1n) is 7.04. The molecule has 0 heterocycles. The normalized spacial score (nSPS) is 11.3. The maximum atomic E-state index is 12.5. The maximum absolute atomic E-state index is 12.5. The van der Waals surface area contributed by atoms with Gasteiger partial charge in [-0.15, -0.1) is 0 Å². The molecule has 116 valence electrons. The number of rotatable bonds is 3. The highest BCUT2D eigenvalue weighted by atomic mass is 32.2. The van der Waals surface area contributed by atoms with Crippen LogP contribution < -0.4 is 5.32 Å². The number of carbonyl (C=O) groups excluding carboxylic acids is 1. The van der Waals surface area contributed by atoms with Crippen LogP contribution in [0.4, 0.5) is 5.69 Å². The van der Waals surface area contributed by atoms with Gasteiger partial charge in [0.15, 0.2) is 9.84 Å². The van der Waals surface area contributed by atoms with Gasteiger partial charge < -0.3 is 5.32 Å². The number of hydrogen-bond acceptors (Lipinski definition) is 3. The van der Waals surface area contributed by atoms with Gasteiger partial charge in [-0.2, -0.15) is 0 Å². The number of hydrogen-bond donors (Lipinski definition) is 1. The van der Waals surface area contributed by atoms with Crippen LogP contribution in [-0.4, -0.2) is 20.6 Å². The third-order valence-corrected chi connectivity index (χ3v) is 4.66. The standard InChI is InChI=1S/C18H15NO3S/c1-23(21,22)15-9-5-8-14(12-15)19-18(20)17-11-4-7-13-6-2-3-10-16(13)17/h2-12H,1H3,(H,19,20). The molecule has 0 radical (unpaired) electrons. The van der Waals surface area contributed by atoms with Gasteiger partial charge in [0, 0.05) is 17.5 Å². The Kier molecular flexibility index (Phi) is 3.88. The molecular formula is C18H15NO3S. The number of amides is 1. The van der Waals surface area contributed by atoms with E-state index in [0.29, 0.717) is 11.3 Å². The van der Waals surface area contributed by atoms with Gasteiger partial charge in [0.25, 0.3) is 5.91 Å². The maximum Gasteiger partial charge on any atom is 0.256 e. The van der Waals surface area contributed by atoms with Gasteiger partial charge in [0.2, 0.25) is 0 Å². The summed E-state index contributed by atoms with van der Waals surface area (Å²) in [6, 6.07) is 19.4. The first-order chi connectivity index (χ1) is 10.9. The van der Waals surface area contributed by atoms with Crippen molar-refractivity contribution in [2.24, 2.45) is 0 Å². The van der Waals surface area contributed by atoms with Gasteiger partial charge in [0.1, 0.15) is 0 Å². The van der Waals surface area contributed by atoms with Crippen molar-refractivity contribution in [1.29, 1.82) is 0 Å². The summed E-state index contributed by atoms with van der Waals surface area (Å²) >= 11 is 0. The third kappa shape index (κ3) is 3.24. The first kappa shape index (κ1) is 15.2. The molecular weight excluding hydrogens is 310 g/mol. The minimum Gasteiger partial charge on any atom is -0.322 e. The summed E-state index contributed by atoms with van der Waals surface area (Å²) < 4.78 is 23.2. The first-order valence-corrected chi connectivity index (χ1v) is 8.93. The number of benzene rings is 3. The Balaban J connectivity index is 1.96. The van der Waals surface area contributed by atoms with Crippen LogP contribution in [0, 0.1) is 0 Å². The molecule has 0 aromatic heterocycles. The van der Waals surface area contributed by atoms with E-state index in [9.17, 15) is 13.2 Å². The summed E-state index contributed by atoms with van der Waals surface area (Å²) in [7, 11) is -3.31. The fraction of sp³-hybridized carbons (Fsp3) is 0.0556. The molecule has 0 saturated heterocycles. The second-order valence-corrected chi connectivity index (χ2v) is 7.30. The predicted molar refractivity (Wildman–Crippen MR) is 91.5 cm³/mol. The molecule has 1 amide bonds. The Morgan fingerprint density at radius 1 is 0.913 bits per heavy atom. The molecule has 0 aliphatic rings. The molecule has 3 rings (SSSR count). The van der Waals surface area contributed by atoms with Crippen LogP contribution in [0.3, 0.4) is 0 Å². The van der Waals surface area contributed by atoms with Gasteiger partial charge in [-0.3, -0.25) is 4.79 Å². The van der Waals surface area contributed by atoms with Crippen LogP contribution in [0.1, 0.15) is 10.4 Å². The van der Waals surface area contributed by atoms with Gasteiger partial charge in [-0.05, 0) is 35.0 Å². The lowest BCUT2D eigenvalue weighted by molar-refractivity contribution is 0.102. The summed E-state index contributed by atoms with van der Waals surface area (Å²) in [5.74, 6) is -0.271. The second kappa shape index (κ2) is 5.85. The van der Waals surface area contributed by atoms with E-state index in [1.165, 1.54) is 12.1 Å². The summed E-state index contributed by atoms with van der Waals surface area (Å²) in [5.41, 5.74) is 0.999. The molecule has 0 unspecified atom stereocenters. The molecule has 23 heavy (non-hydrogen) atoms. The molecule has 0 aliphatic heterocycles. The molecule has 0 fully saturated rings. The van der Waals surface area contributed by atoms with Gasteiger partial charge in [-0.1, -0.05) is 42.5 Å². The van der Waals surface area contributed by atoms with Crippen molar-refractivity contribution in [1.82, 2.24) is 0 Å². The Morgan fingerprint density at radius 3 is 2.39 bits per heavy atom. The van der Waals surface area contributed by atoms with E-state index >= 15 is 0 Å². The lowest BCUT2D eigenvalue weighted by Crippen LogP contribution is -2.12. The number of fused-ring (bicyclic) bond motifs is 1. The van der Waals surface area contributed by atoms with Gasteiger partial charge in [0.05, 0.1) is 4.90 Å². The van der Waals surface area contributed by atoms with Crippen LogP contribution in [0.25, 0.3) is 10.8 Å². The average molecular weight is 325 g/mol. The van der Waals surface area contributed by atoms with Crippen LogP contribution in [0.2, 0.25) is 0 Å². The minimum atomic E-state index is -3.31. The number of anilines is 1. The van der Waals surface area contributed by atoms with Crippen molar-refractivity contribution >= 4 is 32.2 Å². The second-order valence-electron chi connectivity index (χ2n) is 5.28. The molecule has 3 aromatic carbocycles. The van der Waals surface area contributed by atoms with Gasteiger partial charge in [-0.25, -0.2) is 8.42 Å². The smallest absolute Gasteiger partial charge is 0.256 e. The Morgan fingerprint density at radius 2 is 1.61 bits per heavy atom. The fourth-order valence-corrected chi connectivity index (χ4v) is 3.09.